The third kappa shape index (κ3) is 3.00. The summed E-state index contributed by atoms with van der Waals surface area (Å²) in [6, 6.07) is 11.7. The Balaban J connectivity index is 2.50. The highest BCUT2D eigenvalue weighted by atomic mass is 32.2. The van der Waals surface area contributed by atoms with Gasteiger partial charge in [-0.1, -0.05) is 35.5 Å². The average Bonchev–Trinajstić information content (AvgIpc) is 2.41. The summed E-state index contributed by atoms with van der Waals surface area (Å²) in [5.74, 6) is -2.27. The molecular weight excluding hydrogens is 276 g/mol. The van der Waals surface area contributed by atoms with E-state index >= 15 is 0 Å². The lowest BCUT2D eigenvalue weighted by molar-refractivity contribution is 0.0690. The lowest BCUT2D eigenvalue weighted by atomic mass is 10.1. The molecule has 5 heteroatoms. The van der Waals surface area contributed by atoms with Gasteiger partial charge in [0.25, 0.3) is 0 Å². The molecule has 0 fully saturated rings. The molecule has 0 aliphatic heterocycles. The van der Waals surface area contributed by atoms with Crippen molar-refractivity contribution in [3.8, 4) is 0 Å². The third-order valence-corrected chi connectivity index (χ3v) is 3.87. The van der Waals surface area contributed by atoms with E-state index in [-0.39, 0.29) is 16.0 Å². The van der Waals surface area contributed by atoms with Gasteiger partial charge in [0.2, 0.25) is 0 Å². The predicted octanol–water partition coefficient (Wildman–Crippen LogP) is 3.54. The van der Waals surface area contributed by atoms with Crippen molar-refractivity contribution >= 4 is 23.7 Å². The molecule has 0 saturated heterocycles. The monoisotopic (exact) mass is 288 g/mol. The van der Waals surface area contributed by atoms with Gasteiger partial charge < -0.3 is 10.2 Å². The maximum atomic E-state index is 11.2. The Morgan fingerprint density at radius 3 is 1.85 bits per heavy atom. The SMILES string of the molecule is Cc1ccc(Sc2c(C(=O)O)cccc2C(=O)O)cc1. The van der Waals surface area contributed by atoms with Crippen molar-refractivity contribution in [1.29, 1.82) is 0 Å². The molecule has 0 heterocycles. The lowest BCUT2D eigenvalue weighted by Gasteiger charge is -2.09. The normalized spacial score (nSPS) is 10.2. The summed E-state index contributed by atoms with van der Waals surface area (Å²) in [5.41, 5.74) is 1.07. The summed E-state index contributed by atoms with van der Waals surface area (Å²) in [6.45, 7) is 1.95. The van der Waals surface area contributed by atoms with E-state index in [4.69, 9.17) is 0 Å². The van der Waals surface area contributed by atoms with Gasteiger partial charge in [0.05, 0.1) is 11.1 Å². The molecule has 102 valence electrons. The van der Waals surface area contributed by atoms with Gasteiger partial charge in [0.1, 0.15) is 0 Å². The molecule has 2 rings (SSSR count). The molecule has 0 bridgehead atoms. The fourth-order valence-corrected chi connectivity index (χ4v) is 2.75. The topological polar surface area (TPSA) is 74.6 Å². The van der Waals surface area contributed by atoms with Crippen LogP contribution in [0.5, 0.6) is 0 Å². The Labute approximate surface area is 120 Å². The summed E-state index contributed by atoms with van der Waals surface area (Å²) in [6.07, 6.45) is 0. The number of aryl methyl sites for hydroxylation is 1. The van der Waals surface area contributed by atoms with Gasteiger partial charge in [0.15, 0.2) is 0 Å². The number of carboxylic acids is 2. The number of hydrogen-bond acceptors (Lipinski definition) is 3. The second-order valence-electron chi connectivity index (χ2n) is 4.21. The fraction of sp³-hybridized carbons (Fsp3) is 0.0667. The number of hydrogen-bond donors (Lipinski definition) is 2. The summed E-state index contributed by atoms with van der Waals surface area (Å²) < 4.78 is 0. The van der Waals surface area contributed by atoms with E-state index in [1.165, 1.54) is 18.2 Å². The lowest BCUT2D eigenvalue weighted by Crippen LogP contribution is -2.06. The number of carboxylic acid groups (broad SMARTS) is 2. The molecule has 0 spiro atoms. The Morgan fingerprint density at radius 1 is 0.900 bits per heavy atom. The van der Waals surface area contributed by atoms with Crippen LogP contribution in [0.3, 0.4) is 0 Å². The van der Waals surface area contributed by atoms with Crippen molar-refractivity contribution in [2.24, 2.45) is 0 Å². The molecular formula is C15H12O4S. The number of aromatic carboxylic acids is 2. The fourth-order valence-electron chi connectivity index (χ4n) is 1.71. The Kier molecular flexibility index (Phi) is 4.10. The van der Waals surface area contributed by atoms with Gasteiger partial charge in [-0.05, 0) is 31.2 Å². The molecule has 2 N–H and O–H groups in total. The second-order valence-corrected chi connectivity index (χ2v) is 5.29. The molecule has 20 heavy (non-hydrogen) atoms. The van der Waals surface area contributed by atoms with Gasteiger partial charge in [-0.3, -0.25) is 0 Å². The van der Waals surface area contributed by atoms with Crippen LogP contribution in [-0.2, 0) is 0 Å². The smallest absolute Gasteiger partial charge is 0.336 e. The maximum Gasteiger partial charge on any atom is 0.336 e. The van der Waals surface area contributed by atoms with Gasteiger partial charge in [-0.15, -0.1) is 0 Å². The number of benzene rings is 2. The zero-order valence-electron chi connectivity index (χ0n) is 10.7. The molecule has 0 saturated carbocycles. The Hall–Kier alpha value is -2.27. The van der Waals surface area contributed by atoms with Crippen LogP contribution in [-0.4, -0.2) is 22.2 Å². The second kappa shape index (κ2) is 5.79. The van der Waals surface area contributed by atoms with Crippen molar-refractivity contribution in [2.45, 2.75) is 16.7 Å². The molecule has 0 aliphatic rings. The largest absolute Gasteiger partial charge is 0.478 e. The quantitative estimate of drug-likeness (QED) is 0.900. The molecule has 0 aromatic heterocycles. The summed E-state index contributed by atoms with van der Waals surface area (Å²) in [7, 11) is 0. The summed E-state index contributed by atoms with van der Waals surface area (Å²) in [4.78, 5) is 23.5. The summed E-state index contributed by atoms with van der Waals surface area (Å²) in [5, 5.41) is 18.4. The molecule has 0 radical (unpaired) electrons. The van der Waals surface area contributed by atoms with Crippen molar-refractivity contribution < 1.29 is 19.8 Å². The van der Waals surface area contributed by atoms with Crippen LogP contribution in [0.4, 0.5) is 0 Å². The van der Waals surface area contributed by atoms with Crippen molar-refractivity contribution in [2.75, 3.05) is 0 Å². The van der Waals surface area contributed by atoms with Crippen molar-refractivity contribution in [1.82, 2.24) is 0 Å². The molecule has 0 unspecified atom stereocenters. The first kappa shape index (κ1) is 14.1. The minimum atomic E-state index is -1.14. The molecule has 0 amide bonds. The minimum absolute atomic E-state index is 0.00419. The van der Waals surface area contributed by atoms with E-state index in [0.717, 1.165) is 22.2 Å². The van der Waals surface area contributed by atoms with Gasteiger partial charge in [-0.25, -0.2) is 9.59 Å². The van der Waals surface area contributed by atoms with Crippen LogP contribution in [0, 0.1) is 6.92 Å². The van der Waals surface area contributed by atoms with Crippen LogP contribution in [0.25, 0.3) is 0 Å². The highest BCUT2D eigenvalue weighted by Crippen LogP contribution is 2.33. The highest BCUT2D eigenvalue weighted by Gasteiger charge is 2.19. The van der Waals surface area contributed by atoms with Crippen molar-refractivity contribution in [3.63, 3.8) is 0 Å². The van der Waals surface area contributed by atoms with E-state index in [1.807, 2.05) is 31.2 Å². The molecule has 2 aromatic rings. The molecule has 0 atom stereocenters. The Bertz CT molecular complexity index is 630. The van der Waals surface area contributed by atoms with E-state index in [1.54, 1.807) is 0 Å². The van der Waals surface area contributed by atoms with Gasteiger partial charge in [0, 0.05) is 9.79 Å². The summed E-state index contributed by atoms with van der Waals surface area (Å²) >= 11 is 1.14. The van der Waals surface area contributed by atoms with Crippen LogP contribution in [0.2, 0.25) is 0 Å². The number of rotatable bonds is 4. The third-order valence-electron chi connectivity index (χ3n) is 2.72. The standard InChI is InChI=1S/C15H12O4S/c1-9-5-7-10(8-6-9)20-13-11(14(16)17)3-2-4-12(13)15(18)19/h2-8H,1H3,(H,16,17)(H,18,19). The van der Waals surface area contributed by atoms with Crippen LogP contribution >= 0.6 is 11.8 Å². The van der Waals surface area contributed by atoms with E-state index < -0.39 is 11.9 Å². The van der Waals surface area contributed by atoms with Crippen LogP contribution in [0.15, 0.2) is 52.3 Å². The van der Waals surface area contributed by atoms with E-state index in [2.05, 4.69) is 0 Å². The number of carbonyl (C=O) groups is 2. The molecule has 0 aliphatic carbocycles. The first-order chi connectivity index (χ1) is 9.49. The minimum Gasteiger partial charge on any atom is -0.478 e. The van der Waals surface area contributed by atoms with E-state index in [9.17, 15) is 19.8 Å². The molecule has 4 nitrogen and oxygen atoms in total. The first-order valence-electron chi connectivity index (χ1n) is 5.83. The first-order valence-corrected chi connectivity index (χ1v) is 6.65. The van der Waals surface area contributed by atoms with Crippen molar-refractivity contribution in [3.05, 3.63) is 59.2 Å². The average molecular weight is 288 g/mol. The van der Waals surface area contributed by atoms with Crippen LogP contribution in [0.1, 0.15) is 26.3 Å². The van der Waals surface area contributed by atoms with Crippen LogP contribution < -0.4 is 0 Å². The zero-order valence-corrected chi connectivity index (χ0v) is 11.5. The highest BCUT2D eigenvalue weighted by molar-refractivity contribution is 7.99. The molecule has 2 aromatic carbocycles. The zero-order chi connectivity index (χ0) is 14.7. The predicted molar refractivity (Wildman–Crippen MR) is 75.7 cm³/mol. The Morgan fingerprint density at radius 2 is 1.40 bits per heavy atom. The maximum absolute atomic E-state index is 11.2. The van der Waals surface area contributed by atoms with Gasteiger partial charge >= 0.3 is 11.9 Å². The van der Waals surface area contributed by atoms with Gasteiger partial charge in [-0.2, -0.15) is 0 Å². The van der Waals surface area contributed by atoms with E-state index in [0.29, 0.717) is 0 Å².